The van der Waals surface area contributed by atoms with Gasteiger partial charge in [0.2, 0.25) is 0 Å². The van der Waals surface area contributed by atoms with Crippen LogP contribution < -0.4 is 0 Å². The van der Waals surface area contributed by atoms with Crippen LogP contribution >= 0.6 is 0 Å². The summed E-state index contributed by atoms with van der Waals surface area (Å²) in [5.41, 5.74) is -0.843. The van der Waals surface area contributed by atoms with Gasteiger partial charge >= 0.3 is 0 Å². The topological polar surface area (TPSA) is 57.9 Å². The van der Waals surface area contributed by atoms with Gasteiger partial charge in [0.25, 0.3) is 0 Å². The van der Waals surface area contributed by atoms with Crippen molar-refractivity contribution in [2.45, 2.75) is 45.4 Å². The molecule has 0 spiro atoms. The lowest BCUT2D eigenvalue weighted by molar-refractivity contribution is -0.128. The molecule has 0 unspecified atom stereocenters. The van der Waals surface area contributed by atoms with E-state index in [0.29, 0.717) is 25.7 Å². The molecular weight excluding hydrogens is 178 g/mol. The van der Waals surface area contributed by atoms with Crippen molar-refractivity contribution < 1.29 is 9.59 Å². The van der Waals surface area contributed by atoms with Gasteiger partial charge in [0.1, 0.15) is 11.2 Å². The minimum atomic E-state index is -0.843. The molecule has 3 heteroatoms. The lowest BCUT2D eigenvalue weighted by Gasteiger charge is -2.28. The molecular formula is C11H15NO2. The summed E-state index contributed by atoms with van der Waals surface area (Å²) >= 11 is 0. The number of carbonyl (C=O) groups excluding carboxylic acids is 2. The zero-order valence-electron chi connectivity index (χ0n) is 8.51. The number of hydrogen-bond donors (Lipinski definition) is 0. The molecule has 1 aliphatic carbocycles. The van der Waals surface area contributed by atoms with E-state index in [1.54, 1.807) is 0 Å². The number of hydrogen-bond acceptors (Lipinski definition) is 3. The first-order valence-electron chi connectivity index (χ1n) is 5.05. The van der Waals surface area contributed by atoms with E-state index in [-0.39, 0.29) is 11.6 Å². The highest BCUT2D eigenvalue weighted by atomic mass is 16.1. The molecule has 76 valence electrons. The van der Waals surface area contributed by atoms with Crippen molar-refractivity contribution in [1.29, 1.82) is 5.26 Å². The Bertz CT molecular complexity index is 290. The Labute approximate surface area is 84.1 Å². The van der Waals surface area contributed by atoms with Crippen LogP contribution in [0.15, 0.2) is 0 Å². The Balaban J connectivity index is 2.69. The number of carbonyl (C=O) groups is 2. The van der Waals surface area contributed by atoms with Crippen LogP contribution in [0.3, 0.4) is 0 Å². The molecule has 0 bridgehead atoms. The van der Waals surface area contributed by atoms with Gasteiger partial charge in [0.05, 0.1) is 6.07 Å². The molecule has 1 rings (SSSR count). The molecule has 3 nitrogen and oxygen atoms in total. The minimum absolute atomic E-state index is 0.0347. The average Bonchev–Trinajstić information content (AvgIpc) is 2.17. The van der Waals surface area contributed by atoms with E-state index in [1.165, 1.54) is 6.92 Å². The third kappa shape index (κ3) is 2.20. The first-order valence-corrected chi connectivity index (χ1v) is 5.05. The maximum atomic E-state index is 11.6. The molecule has 1 saturated carbocycles. The summed E-state index contributed by atoms with van der Waals surface area (Å²) in [5.74, 6) is 0.0884. The summed E-state index contributed by atoms with van der Waals surface area (Å²) in [6.45, 7) is 1.50. The van der Waals surface area contributed by atoms with Crippen LogP contribution in [0.1, 0.15) is 45.4 Å². The van der Waals surface area contributed by atoms with Crippen LogP contribution in [-0.2, 0) is 9.59 Å². The molecule has 1 atom stereocenters. The zero-order chi connectivity index (χ0) is 10.6. The fourth-order valence-corrected chi connectivity index (χ4v) is 1.92. The molecule has 0 amide bonds. The molecule has 0 aromatic heterocycles. The van der Waals surface area contributed by atoms with E-state index in [0.717, 1.165) is 12.8 Å². The SMILES string of the molecule is CC(=O)CC[C@@]1(C#N)CCCCC1=O. The maximum Gasteiger partial charge on any atom is 0.153 e. The van der Waals surface area contributed by atoms with Crippen molar-refractivity contribution in [3.63, 3.8) is 0 Å². The third-order valence-corrected chi connectivity index (χ3v) is 2.91. The molecule has 0 aromatic rings. The summed E-state index contributed by atoms with van der Waals surface area (Å²) in [5, 5.41) is 9.04. The average molecular weight is 193 g/mol. The van der Waals surface area contributed by atoms with E-state index in [4.69, 9.17) is 5.26 Å². The van der Waals surface area contributed by atoms with Crippen LogP contribution in [0.25, 0.3) is 0 Å². The molecule has 0 radical (unpaired) electrons. The standard InChI is InChI=1S/C11H15NO2/c1-9(13)5-7-11(8-12)6-3-2-4-10(11)14/h2-7H2,1H3/t11-/m1/s1. The molecule has 0 aromatic carbocycles. The smallest absolute Gasteiger partial charge is 0.153 e. The van der Waals surface area contributed by atoms with E-state index >= 15 is 0 Å². The van der Waals surface area contributed by atoms with Gasteiger partial charge in [-0.25, -0.2) is 0 Å². The first kappa shape index (κ1) is 10.9. The van der Waals surface area contributed by atoms with E-state index in [1.807, 2.05) is 0 Å². The van der Waals surface area contributed by atoms with Gasteiger partial charge in [-0.05, 0) is 26.2 Å². The maximum absolute atomic E-state index is 11.6. The molecule has 0 N–H and O–H groups in total. The number of nitriles is 1. The first-order chi connectivity index (χ1) is 6.60. The van der Waals surface area contributed by atoms with Crippen molar-refractivity contribution >= 4 is 11.6 Å². The van der Waals surface area contributed by atoms with Crippen LogP contribution in [0.5, 0.6) is 0 Å². The second-order valence-electron chi connectivity index (χ2n) is 4.03. The molecule has 0 aliphatic heterocycles. The second kappa shape index (κ2) is 4.36. The largest absolute Gasteiger partial charge is 0.300 e. The monoisotopic (exact) mass is 193 g/mol. The van der Waals surface area contributed by atoms with Crippen molar-refractivity contribution in [1.82, 2.24) is 0 Å². The summed E-state index contributed by atoms with van der Waals surface area (Å²) < 4.78 is 0. The molecule has 0 saturated heterocycles. The van der Waals surface area contributed by atoms with Gasteiger partial charge < -0.3 is 4.79 Å². The van der Waals surface area contributed by atoms with E-state index in [2.05, 4.69) is 6.07 Å². The summed E-state index contributed by atoms with van der Waals surface area (Å²) in [4.78, 5) is 22.5. The van der Waals surface area contributed by atoms with Gasteiger partial charge in [-0.2, -0.15) is 5.26 Å². The van der Waals surface area contributed by atoms with Crippen LogP contribution in [0, 0.1) is 16.7 Å². The van der Waals surface area contributed by atoms with Gasteiger partial charge in [0, 0.05) is 12.8 Å². The van der Waals surface area contributed by atoms with Gasteiger partial charge in [-0.3, -0.25) is 4.79 Å². The lowest BCUT2D eigenvalue weighted by atomic mass is 9.71. The Morgan fingerprint density at radius 1 is 1.57 bits per heavy atom. The Kier molecular flexibility index (Phi) is 3.40. The molecule has 0 heterocycles. The molecule has 14 heavy (non-hydrogen) atoms. The summed E-state index contributed by atoms with van der Waals surface area (Å²) in [6.07, 6.45) is 3.72. The predicted octanol–water partition coefficient (Wildman–Crippen LogP) is 2.01. The highest BCUT2D eigenvalue weighted by Gasteiger charge is 2.39. The van der Waals surface area contributed by atoms with Crippen LogP contribution in [0.2, 0.25) is 0 Å². The van der Waals surface area contributed by atoms with E-state index in [9.17, 15) is 9.59 Å². The summed E-state index contributed by atoms with van der Waals surface area (Å²) in [6, 6.07) is 2.12. The van der Waals surface area contributed by atoms with Crippen molar-refractivity contribution in [3.05, 3.63) is 0 Å². The predicted molar refractivity (Wildman–Crippen MR) is 51.4 cm³/mol. The lowest BCUT2D eigenvalue weighted by Crippen LogP contribution is -2.33. The molecule has 1 aliphatic rings. The van der Waals surface area contributed by atoms with Crippen LogP contribution in [-0.4, -0.2) is 11.6 Å². The van der Waals surface area contributed by atoms with E-state index < -0.39 is 5.41 Å². The van der Waals surface area contributed by atoms with Crippen LogP contribution in [0.4, 0.5) is 0 Å². The normalized spacial score (nSPS) is 27.0. The quantitative estimate of drug-likeness (QED) is 0.688. The van der Waals surface area contributed by atoms with Crippen molar-refractivity contribution in [2.75, 3.05) is 0 Å². The van der Waals surface area contributed by atoms with Crippen molar-refractivity contribution in [3.8, 4) is 6.07 Å². The Morgan fingerprint density at radius 3 is 2.79 bits per heavy atom. The highest BCUT2D eigenvalue weighted by molar-refractivity contribution is 5.88. The summed E-state index contributed by atoms with van der Waals surface area (Å²) in [7, 11) is 0. The fraction of sp³-hybridized carbons (Fsp3) is 0.727. The second-order valence-corrected chi connectivity index (χ2v) is 4.03. The van der Waals surface area contributed by atoms with Gasteiger partial charge in [-0.1, -0.05) is 6.42 Å². The highest BCUT2D eigenvalue weighted by Crippen LogP contribution is 2.36. The number of ketones is 2. The molecule has 1 fully saturated rings. The van der Waals surface area contributed by atoms with Gasteiger partial charge in [-0.15, -0.1) is 0 Å². The number of rotatable bonds is 3. The Hall–Kier alpha value is -1.17. The number of Topliss-reactive ketones (excluding diaryl/α,β-unsaturated/α-hetero) is 2. The Morgan fingerprint density at radius 2 is 2.29 bits per heavy atom. The zero-order valence-corrected chi connectivity index (χ0v) is 8.51. The third-order valence-electron chi connectivity index (χ3n) is 2.91. The van der Waals surface area contributed by atoms with Crippen molar-refractivity contribution in [2.24, 2.45) is 5.41 Å². The minimum Gasteiger partial charge on any atom is -0.300 e. The fourth-order valence-electron chi connectivity index (χ4n) is 1.92. The van der Waals surface area contributed by atoms with Gasteiger partial charge in [0.15, 0.2) is 5.78 Å². The number of nitrogens with zero attached hydrogens (tertiary/aromatic N) is 1.